The Kier molecular flexibility index (Phi) is 3.29. The van der Waals surface area contributed by atoms with E-state index in [1.165, 1.54) is 57.8 Å². The second kappa shape index (κ2) is 4.48. The molecule has 0 N–H and O–H groups in total. The third-order valence-electron chi connectivity index (χ3n) is 4.07. The van der Waals surface area contributed by atoms with Gasteiger partial charge in [-0.05, 0) is 30.6 Å². The summed E-state index contributed by atoms with van der Waals surface area (Å²) in [6.45, 7) is 4.08. The van der Waals surface area contributed by atoms with Gasteiger partial charge in [-0.25, -0.2) is 0 Å². The molecule has 0 aliphatic heterocycles. The van der Waals surface area contributed by atoms with Gasteiger partial charge in [0, 0.05) is 0 Å². The summed E-state index contributed by atoms with van der Waals surface area (Å²) in [6.07, 6.45) is 13.2. The molecule has 1 atom stereocenters. The maximum absolute atomic E-state index is 4.08. The van der Waals surface area contributed by atoms with Crippen molar-refractivity contribution < 1.29 is 0 Å². The quantitative estimate of drug-likeness (QED) is 0.573. The van der Waals surface area contributed by atoms with E-state index in [0.29, 0.717) is 0 Å². The van der Waals surface area contributed by atoms with Crippen LogP contribution in [0.1, 0.15) is 57.8 Å². The van der Waals surface area contributed by atoms with Crippen LogP contribution in [0.25, 0.3) is 0 Å². The first kappa shape index (κ1) is 9.55. The van der Waals surface area contributed by atoms with Crippen molar-refractivity contribution in [2.45, 2.75) is 57.8 Å². The highest BCUT2D eigenvalue weighted by atomic mass is 14.3. The van der Waals surface area contributed by atoms with Gasteiger partial charge in [-0.1, -0.05) is 51.9 Å². The molecule has 1 radical (unpaired) electrons. The van der Waals surface area contributed by atoms with Gasteiger partial charge in [0.05, 0.1) is 0 Å². The lowest BCUT2D eigenvalue weighted by atomic mass is 9.80. The monoisotopic (exact) mass is 179 g/mol. The number of hydrogen-bond acceptors (Lipinski definition) is 0. The minimum Gasteiger partial charge on any atom is -0.0530 e. The predicted molar refractivity (Wildman–Crippen MR) is 57.4 cm³/mol. The lowest BCUT2D eigenvalue weighted by Crippen LogP contribution is -2.11. The van der Waals surface area contributed by atoms with Crippen molar-refractivity contribution in [1.82, 2.24) is 0 Å². The van der Waals surface area contributed by atoms with Crippen molar-refractivity contribution in [3.63, 3.8) is 0 Å². The SMILES string of the molecule is [CH2]CC(CCCC1CCC1)C1CC1. The molecular formula is C13H23. The van der Waals surface area contributed by atoms with E-state index in [-0.39, 0.29) is 0 Å². The minimum absolute atomic E-state index is 0.986. The van der Waals surface area contributed by atoms with Gasteiger partial charge in [-0.2, -0.15) is 0 Å². The molecule has 75 valence electrons. The molecule has 0 aromatic carbocycles. The molecule has 2 fully saturated rings. The molecule has 0 heteroatoms. The zero-order valence-electron chi connectivity index (χ0n) is 8.80. The first-order valence-electron chi connectivity index (χ1n) is 6.19. The molecule has 2 saturated carbocycles. The van der Waals surface area contributed by atoms with E-state index in [4.69, 9.17) is 0 Å². The maximum atomic E-state index is 4.08. The molecule has 0 bridgehead atoms. The third-order valence-corrected chi connectivity index (χ3v) is 4.07. The average Bonchev–Trinajstić information content (AvgIpc) is 2.84. The largest absolute Gasteiger partial charge is 0.0530 e. The van der Waals surface area contributed by atoms with Gasteiger partial charge < -0.3 is 0 Å². The minimum atomic E-state index is 0.986. The normalized spacial score (nSPS) is 25.6. The Balaban J connectivity index is 1.54. The fourth-order valence-electron chi connectivity index (χ4n) is 2.63. The Morgan fingerprint density at radius 1 is 1.15 bits per heavy atom. The summed E-state index contributed by atoms with van der Waals surface area (Å²) in [5.74, 6) is 3.18. The van der Waals surface area contributed by atoms with E-state index in [2.05, 4.69) is 6.92 Å². The fourth-order valence-corrected chi connectivity index (χ4v) is 2.63. The summed E-state index contributed by atoms with van der Waals surface area (Å²) in [7, 11) is 0. The summed E-state index contributed by atoms with van der Waals surface area (Å²) in [5.41, 5.74) is 0. The molecule has 2 aliphatic carbocycles. The van der Waals surface area contributed by atoms with Crippen LogP contribution in [0.5, 0.6) is 0 Å². The molecule has 2 aliphatic rings. The highest BCUT2D eigenvalue weighted by molar-refractivity contribution is 4.82. The Bertz CT molecular complexity index is 142. The Morgan fingerprint density at radius 2 is 1.92 bits per heavy atom. The lowest BCUT2D eigenvalue weighted by Gasteiger charge is -2.25. The summed E-state index contributed by atoms with van der Waals surface area (Å²) in [5, 5.41) is 0. The van der Waals surface area contributed by atoms with Crippen LogP contribution in [0, 0.1) is 24.7 Å². The van der Waals surface area contributed by atoms with Crippen LogP contribution in [-0.4, -0.2) is 0 Å². The van der Waals surface area contributed by atoms with Crippen LogP contribution in [-0.2, 0) is 0 Å². The first-order chi connectivity index (χ1) is 6.40. The van der Waals surface area contributed by atoms with Gasteiger partial charge >= 0.3 is 0 Å². The standard InChI is InChI=1S/C13H23/c1-2-12(13-9-10-13)8-4-7-11-5-3-6-11/h11-13H,1-10H2. The predicted octanol–water partition coefficient (Wildman–Crippen LogP) is 4.21. The van der Waals surface area contributed by atoms with E-state index >= 15 is 0 Å². The van der Waals surface area contributed by atoms with Gasteiger partial charge in [0.15, 0.2) is 0 Å². The third kappa shape index (κ3) is 2.72. The zero-order valence-corrected chi connectivity index (χ0v) is 8.80. The zero-order chi connectivity index (χ0) is 9.10. The van der Waals surface area contributed by atoms with Crippen molar-refractivity contribution in [2.24, 2.45) is 17.8 Å². The van der Waals surface area contributed by atoms with Crippen molar-refractivity contribution in [3.05, 3.63) is 6.92 Å². The summed E-state index contributed by atoms with van der Waals surface area (Å²) in [6, 6.07) is 0. The van der Waals surface area contributed by atoms with Gasteiger partial charge in [0.25, 0.3) is 0 Å². The van der Waals surface area contributed by atoms with Crippen molar-refractivity contribution in [3.8, 4) is 0 Å². The average molecular weight is 179 g/mol. The molecule has 1 unspecified atom stereocenters. The lowest BCUT2D eigenvalue weighted by molar-refractivity contribution is 0.275. The molecule has 0 amide bonds. The fraction of sp³-hybridized carbons (Fsp3) is 0.923. The topological polar surface area (TPSA) is 0 Å². The molecule has 0 saturated heterocycles. The van der Waals surface area contributed by atoms with E-state index in [9.17, 15) is 0 Å². The number of rotatable bonds is 6. The molecule has 0 heterocycles. The van der Waals surface area contributed by atoms with E-state index in [0.717, 1.165) is 17.8 Å². The summed E-state index contributed by atoms with van der Waals surface area (Å²) < 4.78 is 0. The van der Waals surface area contributed by atoms with E-state index < -0.39 is 0 Å². The smallest absolute Gasteiger partial charge is 0.0386 e. The molecule has 13 heavy (non-hydrogen) atoms. The Morgan fingerprint density at radius 3 is 2.38 bits per heavy atom. The van der Waals surface area contributed by atoms with Gasteiger partial charge in [0.1, 0.15) is 0 Å². The van der Waals surface area contributed by atoms with Crippen LogP contribution in [0.2, 0.25) is 0 Å². The van der Waals surface area contributed by atoms with E-state index in [1.807, 2.05) is 0 Å². The van der Waals surface area contributed by atoms with Crippen molar-refractivity contribution >= 4 is 0 Å². The first-order valence-corrected chi connectivity index (χ1v) is 6.19. The van der Waals surface area contributed by atoms with Crippen LogP contribution >= 0.6 is 0 Å². The molecule has 0 nitrogen and oxygen atoms in total. The second-order valence-electron chi connectivity index (χ2n) is 5.11. The van der Waals surface area contributed by atoms with Crippen LogP contribution in [0.3, 0.4) is 0 Å². The van der Waals surface area contributed by atoms with Crippen LogP contribution in [0.4, 0.5) is 0 Å². The number of hydrogen-bond donors (Lipinski definition) is 0. The molecule has 0 spiro atoms. The molecular weight excluding hydrogens is 156 g/mol. The maximum Gasteiger partial charge on any atom is -0.0386 e. The summed E-state index contributed by atoms with van der Waals surface area (Å²) in [4.78, 5) is 0. The van der Waals surface area contributed by atoms with Crippen LogP contribution < -0.4 is 0 Å². The molecule has 2 rings (SSSR count). The van der Waals surface area contributed by atoms with Gasteiger partial charge in [-0.3, -0.25) is 0 Å². The second-order valence-corrected chi connectivity index (χ2v) is 5.11. The van der Waals surface area contributed by atoms with Gasteiger partial charge in [-0.15, -0.1) is 0 Å². The highest BCUT2D eigenvalue weighted by Gasteiger charge is 2.29. The van der Waals surface area contributed by atoms with Crippen molar-refractivity contribution in [2.75, 3.05) is 0 Å². The Labute approximate surface area is 83.1 Å². The van der Waals surface area contributed by atoms with Crippen LogP contribution in [0.15, 0.2) is 0 Å². The highest BCUT2D eigenvalue weighted by Crippen LogP contribution is 2.41. The van der Waals surface area contributed by atoms with Gasteiger partial charge in [0.2, 0.25) is 0 Å². The molecule has 0 aromatic heterocycles. The Hall–Kier alpha value is 0. The molecule has 0 aromatic rings. The van der Waals surface area contributed by atoms with Crippen molar-refractivity contribution in [1.29, 1.82) is 0 Å². The summed E-state index contributed by atoms with van der Waals surface area (Å²) >= 11 is 0. The van der Waals surface area contributed by atoms with E-state index in [1.54, 1.807) is 0 Å².